The van der Waals surface area contributed by atoms with E-state index in [1.165, 1.54) is 0 Å². The van der Waals surface area contributed by atoms with Crippen molar-refractivity contribution < 1.29 is 9.53 Å². The summed E-state index contributed by atoms with van der Waals surface area (Å²) in [6.45, 7) is 4.55. The second-order valence-electron chi connectivity index (χ2n) is 5.28. The zero-order chi connectivity index (χ0) is 12.9. The number of hydrogen-bond acceptors (Lipinski definition) is 3. The van der Waals surface area contributed by atoms with Crippen LogP contribution in [0.25, 0.3) is 0 Å². The lowest BCUT2D eigenvalue weighted by Gasteiger charge is -2.29. The Balaban J connectivity index is 2.33. The van der Waals surface area contributed by atoms with Crippen LogP contribution in [0.15, 0.2) is 0 Å². The number of nitrogens with one attached hydrogen (secondary N) is 1. The summed E-state index contributed by atoms with van der Waals surface area (Å²) in [4.78, 5) is 12.0. The molecule has 0 aromatic heterocycles. The van der Waals surface area contributed by atoms with Gasteiger partial charge in [-0.15, -0.1) is 0 Å². The summed E-state index contributed by atoms with van der Waals surface area (Å²) >= 11 is 0. The van der Waals surface area contributed by atoms with Crippen LogP contribution in [-0.4, -0.2) is 31.2 Å². The average Bonchev–Trinajstić information content (AvgIpc) is 2.36. The monoisotopic (exact) mass is 242 g/mol. The second kappa shape index (κ2) is 6.36. The summed E-state index contributed by atoms with van der Waals surface area (Å²) < 4.78 is 5.27. The molecule has 0 aromatic carbocycles. The molecule has 0 aromatic rings. The number of ether oxygens (including phenoxy) is 1. The molecule has 4 nitrogen and oxygen atoms in total. The van der Waals surface area contributed by atoms with E-state index in [1.54, 1.807) is 7.11 Å². The normalized spacial score (nSPS) is 28.5. The van der Waals surface area contributed by atoms with Gasteiger partial charge in [-0.3, -0.25) is 4.79 Å². The molecule has 0 radical (unpaired) electrons. The van der Waals surface area contributed by atoms with Crippen molar-refractivity contribution in [1.82, 2.24) is 5.32 Å². The van der Waals surface area contributed by atoms with Gasteiger partial charge in [0.05, 0.1) is 0 Å². The van der Waals surface area contributed by atoms with Gasteiger partial charge in [0.25, 0.3) is 5.91 Å². The molecule has 1 unspecified atom stereocenters. The molecule has 17 heavy (non-hydrogen) atoms. The minimum absolute atomic E-state index is 0.00243. The van der Waals surface area contributed by atoms with Crippen molar-refractivity contribution in [3.05, 3.63) is 0 Å². The molecular weight excluding hydrogens is 216 g/mol. The number of amides is 1. The van der Waals surface area contributed by atoms with Crippen molar-refractivity contribution in [3.63, 3.8) is 0 Å². The first-order valence-corrected chi connectivity index (χ1v) is 6.61. The molecule has 0 spiro atoms. The predicted octanol–water partition coefficient (Wildman–Crippen LogP) is 1.44. The summed E-state index contributed by atoms with van der Waals surface area (Å²) in [5.41, 5.74) is 5.17. The van der Waals surface area contributed by atoms with Crippen LogP contribution in [0, 0.1) is 5.92 Å². The molecule has 1 aliphatic carbocycles. The fraction of sp³-hybridized carbons (Fsp3) is 0.923. The first-order chi connectivity index (χ1) is 8.01. The van der Waals surface area contributed by atoms with Gasteiger partial charge in [0.1, 0.15) is 5.60 Å². The Kier molecular flexibility index (Phi) is 5.40. The fourth-order valence-electron chi connectivity index (χ4n) is 2.21. The van der Waals surface area contributed by atoms with E-state index in [2.05, 4.69) is 5.32 Å². The van der Waals surface area contributed by atoms with Crippen molar-refractivity contribution in [3.8, 4) is 0 Å². The van der Waals surface area contributed by atoms with Crippen molar-refractivity contribution in [2.24, 2.45) is 11.7 Å². The lowest BCUT2D eigenvalue weighted by atomic mass is 9.86. The molecule has 1 fully saturated rings. The highest BCUT2D eigenvalue weighted by molar-refractivity contribution is 5.84. The molecule has 1 saturated carbocycles. The van der Waals surface area contributed by atoms with Gasteiger partial charge in [0, 0.05) is 19.7 Å². The topological polar surface area (TPSA) is 64.3 Å². The van der Waals surface area contributed by atoms with E-state index < -0.39 is 5.60 Å². The van der Waals surface area contributed by atoms with Gasteiger partial charge in [-0.1, -0.05) is 6.92 Å². The van der Waals surface area contributed by atoms with Crippen LogP contribution in [0.2, 0.25) is 0 Å². The molecule has 100 valence electrons. The summed E-state index contributed by atoms with van der Waals surface area (Å²) in [6.07, 6.45) is 5.09. The van der Waals surface area contributed by atoms with Gasteiger partial charge in [0.15, 0.2) is 0 Å². The molecule has 0 saturated heterocycles. The standard InChI is InChI=1S/C13H26N2O2/c1-4-13(2,17-3)12(16)15-9-10-5-7-11(14)8-6-10/h10-11H,4-9,14H2,1-3H3,(H,15,16). The Labute approximate surface area is 104 Å². The zero-order valence-corrected chi connectivity index (χ0v) is 11.3. The number of hydrogen-bond donors (Lipinski definition) is 2. The molecule has 1 aliphatic rings. The van der Waals surface area contributed by atoms with Crippen LogP contribution in [0.1, 0.15) is 46.0 Å². The summed E-state index contributed by atoms with van der Waals surface area (Å²) in [5, 5.41) is 3.00. The van der Waals surface area contributed by atoms with Gasteiger partial charge in [-0.05, 0) is 44.9 Å². The van der Waals surface area contributed by atoms with Gasteiger partial charge >= 0.3 is 0 Å². The summed E-state index contributed by atoms with van der Waals surface area (Å²) in [6, 6.07) is 0.363. The van der Waals surface area contributed by atoms with Gasteiger partial charge in [0.2, 0.25) is 0 Å². The average molecular weight is 242 g/mol. The fourth-order valence-corrected chi connectivity index (χ4v) is 2.21. The third kappa shape index (κ3) is 3.96. The quantitative estimate of drug-likeness (QED) is 0.766. The Hall–Kier alpha value is -0.610. The highest BCUT2D eigenvalue weighted by atomic mass is 16.5. The number of methoxy groups -OCH3 is 1. The minimum Gasteiger partial charge on any atom is -0.369 e. The molecule has 1 rings (SSSR count). The number of rotatable bonds is 5. The molecular formula is C13H26N2O2. The van der Waals surface area contributed by atoms with Gasteiger partial charge in [-0.2, -0.15) is 0 Å². The molecule has 0 heterocycles. The van der Waals surface area contributed by atoms with Crippen molar-refractivity contribution in [1.29, 1.82) is 0 Å². The molecule has 3 N–H and O–H groups in total. The number of carbonyl (C=O) groups excluding carboxylic acids is 1. The van der Waals surface area contributed by atoms with Crippen molar-refractivity contribution in [2.45, 2.75) is 57.6 Å². The third-order valence-electron chi connectivity index (χ3n) is 4.05. The van der Waals surface area contributed by atoms with Crippen LogP contribution >= 0.6 is 0 Å². The Morgan fingerprint density at radius 2 is 2.00 bits per heavy atom. The lowest BCUT2D eigenvalue weighted by Crippen LogP contribution is -2.47. The van der Waals surface area contributed by atoms with Crippen molar-refractivity contribution >= 4 is 5.91 Å². The predicted molar refractivity (Wildman–Crippen MR) is 68.6 cm³/mol. The summed E-state index contributed by atoms with van der Waals surface area (Å²) in [7, 11) is 1.59. The van der Waals surface area contributed by atoms with Crippen LogP contribution in [0.4, 0.5) is 0 Å². The lowest BCUT2D eigenvalue weighted by molar-refractivity contribution is -0.142. The van der Waals surface area contributed by atoms with E-state index in [-0.39, 0.29) is 5.91 Å². The van der Waals surface area contributed by atoms with Crippen LogP contribution in [-0.2, 0) is 9.53 Å². The van der Waals surface area contributed by atoms with E-state index >= 15 is 0 Å². The largest absolute Gasteiger partial charge is 0.369 e. The second-order valence-corrected chi connectivity index (χ2v) is 5.28. The maximum absolute atomic E-state index is 12.0. The zero-order valence-electron chi connectivity index (χ0n) is 11.3. The SMILES string of the molecule is CCC(C)(OC)C(=O)NCC1CCC(N)CC1. The Morgan fingerprint density at radius 1 is 1.41 bits per heavy atom. The molecule has 1 atom stereocenters. The van der Waals surface area contributed by atoms with Crippen LogP contribution in [0.5, 0.6) is 0 Å². The maximum Gasteiger partial charge on any atom is 0.251 e. The number of nitrogens with two attached hydrogens (primary N) is 1. The number of carbonyl (C=O) groups is 1. The first kappa shape index (κ1) is 14.5. The van der Waals surface area contributed by atoms with Gasteiger partial charge < -0.3 is 15.8 Å². The van der Waals surface area contributed by atoms with Crippen LogP contribution < -0.4 is 11.1 Å². The molecule has 0 bridgehead atoms. The first-order valence-electron chi connectivity index (χ1n) is 6.61. The Bertz CT molecular complexity index is 244. The van der Waals surface area contributed by atoms with Crippen molar-refractivity contribution in [2.75, 3.05) is 13.7 Å². The molecule has 1 amide bonds. The van der Waals surface area contributed by atoms with E-state index in [0.29, 0.717) is 18.4 Å². The van der Waals surface area contributed by atoms with E-state index in [9.17, 15) is 4.79 Å². The van der Waals surface area contributed by atoms with Crippen LogP contribution in [0.3, 0.4) is 0 Å². The van der Waals surface area contributed by atoms with E-state index in [1.807, 2.05) is 13.8 Å². The highest BCUT2D eigenvalue weighted by Gasteiger charge is 2.31. The maximum atomic E-state index is 12.0. The highest BCUT2D eigenvalue weighted by Crippen LogP contribution is 2.22. The van der Waals surface area contributed by atoms with Gasteiger partial charge in [-0.25, -0.2) is 0 Å². The van der Waals surface area contributed by atoms with E-state index in [0.717, 1.165) is 32.2 Å². The minimum atomic E-state index is -0.689. The summed E-state index contributed by atoms with van der Waals surface area (Å²) in [5.74, 6) is 0.578. The third-order valence-corrected chi connectivity index (χ3v) is 4.05. The molecule has 0 aliphatic heterocycles. The molecule has 4 heteroatoms. The Morgan fingerprint density at radius 3 is 2.47 bits per heavy atom. The van der Waals surface area contributed by atoms with E-state index in [4.69, 9.17) is 10.5 Å². The smallest absolute Gasteiger partial charge is 0.251 e.